The molecule has 0 atom stereocenters. The van der Waals surface area contributed by atoms with Gasteiger partial charge >= 0.3 is 0 Å². The Morgan fingerprint density at radius 1 is 1.53 bits per heavy atom. The van der Waals surface area contributed by atoms with Crippen molar-refractivity contribution < 1.29 is 9.53 Å². The van der Waals surface area contributed by atoms with Crippen molar-refractivity contribution in [1.82, 2.24) is 0 Å². The molecule has 2 rings (SSSR count). The highest BCUT2D eigenvalue weighted by Crippen LogP contribution is 2.29. The molecule has 0 unspecified atom stereocenters. The van der Waals surface area contributed by atoms with Gasteiger partial charge in [-0.3, -0.25) is 9.69 Å². The van der Waals surface area contributed by atoms with Crippen molar-refractivity contribution in [2.75, 3.05) is 18.7 Å². The zero-order valence-corrected chi connectivity index (χ0v) is 8.69. The van der Waals surface area contributed by atoms with Crippen molar-refractivity contribution in [2.24, 2.45) is 5.73 Å². The van der Waals surface area contributed by atoms with Crippen molar-refractivity contribution >= 4 is 11.6 Å². The first-order chi connectivity index (χ1) is 7.26. The minimum Gasteiger partial charge on any atom is -0.364 e. The van der Waals surface area contributed by atoms with Crippen molar-refractivity contribution in [3.8, 4) is 0 Å². The minimum atomic E-state index is 0.0843. The van der Waals surface area contributed by atoms with Gasteiger partial charge in [0, 0.05) is 19.3 Å². The van der Waals surface area contributed by atoms with Gasteiger partial charge in [-0.15, -0.1) is 0 Å². The number of hydrogen-bond acceptors (Lipinski definition) is 3. The maximum atomic E-state index is 11.6. The molecule has 0 saturated carbocycles. The molecule has 15 heavy (non-hydrogen) atoms. The third kappa shape index (κ3) is 1.73. The summed E-state index contributed by atoms with van der Waals surface area (Å²) < 4.78 is 4.99. The Hall–Kier alpha value is -1.39. The highest BCUT2D eigenvalue weighted by molar-refractivity contribution is 6.01. The smallest absolute Gasteiger partial charge is 0.233 e. The van der Waals surface area contributed by atoms with Crippen LogP contribution >= 0.6 is 0 Å². The number of nitrogens with two attached hydrogens (primary N) is 1. The molecular weight excluding hydrogens is 192 g/mol. The lowest BCUT2D eigenvalue weighted by Gasteiger charge is -2.15. The van der Waals surface area contributed by atoms with Crippen molar-refractivity contribution in [2.45, 2.75) is 13.0 Å². The highest BCUT2D eigenvalue weighted by Gasteiger charge is 2.26. The molecule has 1 aromatic rings. The Kier molecular flexibility index (Phi) is 2.70. The lowest BCUT2D eigenvalue weighted by atomic mass is 10.1. The molecule has 80 valence electrons. The second kappa shape index (κ2) is 4.00. The summed E-state index contributed by atoms with van der Waals surface area (Å²) in [4.78, 5) is 13.3. The van der Waals surface area contributed by atoms with Crippen LogP contribution in [0, 0.1) is 0 Å². The highest BCUT2D eigenvalue weighted by atomic mass is 16.5. The number of ether oxygens (including phenoxy) is 1. The number of carbonyl (C=O) groups excluding carboxylic acids is 1. The van der Waals surface area contributed by atoms with E-state index in [0.717, 1.165) is 16.8 Å². The quantitative estimate of drug-likeness (QED) is 0.789. The first-order valence-corrected chi connectivity index (χ1v) is 4.87. The Morgan fingerprint density at radius 2 is 2.33 bits per heavy atom. The molecule has 1 amide bonds. The number of rotatable bonds is 3. The summed E-state index contributed by atoms with van der Waals surface area (Å²) in [5.74, 6) is 0.0843. The second-order valence-corrected chi connectivity index (χ2v) is 3.58. The summed E-state index contributed by atoms with van der Waals surface area (Å²) in [7, 11) is 1.58. The van der Waals surface area contributed by atoms with E-state index in [1.165, 1.54) is 0 Å². The van der Waals surface area contributed by atoms with Crippen molar-refractivity contribution in [1.29, 1.82) is 0 Å². The van der Waals surface area contributed by atoms with E-state index in [2.05, 4.69) is 0 Å². The third-order valence-electron chi connectivity index (χ3n) is 2.57. The lowest BCUT2D eigenvalue weighted by molar-refractivity contribution is -0.118. The number of hydrogen-bond donors (Lipinski definition) is 1. The van der Waals surface area contributed by atoms with Crippen LogP contribution in [-0.2, 0) is 22.5 Å². The van der Waals surface area contributed by atoms with Crippen LogP contribution < -0.4 is 10.6 Å². The van der Waals surface area contributed by atoms with Crippen LogP contribution in [0.2, 0.25) is 0 Å². The van der Waals surface area contributed by atoms with Crippen molar-refractivity contribution in [3.63, 3.8) is 0 Å². The Labute approximate surface area is 88.6 Å². The maximum absolute atomic E-state index is 11.6. The standard InChI is InChI=1S/C11H14N2O2/c1-15-7-13-10-3-2-8(6-12)4-9(10)5-11(13)14/h2-4H,5-7,12H2,1H3. The number of anilines is 1. The lowest BCUT2D eigenvalue weighted by Crippen LogP contribution is -2.28. The van der Waals surface area contributed by atoms with Gasteiger partial charge in [0.2, 0.25) is 5.91 Å². The SMILES string of the molecule is COCN1C(=O)Cc2cc(CN)ccc21. The van der Waals surface area contributed by atoms with Crippen LogP contribution in [0.25, 0.3) is 0 Å². The van der Waals surface area contributed by atoms with Gasteiger partial charge in [0.1, 0.15) is 6.73 Å². The summed E-state index contributed by atoms with van der Waals surface area (Å²) in [5.41, 5.74) is 8.59. The molecule has 4 nitrogen and oxygen atoms in total. The van der Waals surface area contributed by atoms with Crippen LogP contribution in [-0.4, -0.2) is 19.7 Å². The number of benzene rings is 1. The van der Waals surface area contributed by atoms with Gasteiger partial charge in [0.15, 0.2) is 0 Å². The van der Waals surface area contributed by atoms with Crippen LogP contribution in [0.5, 0.6) is 0 Å². The summed E-state index contributed by atoms with van der Waals surface area (Å²) >= 11 is 0. The van der Waals surface area contributed by atoms with E-state index in [1.54, 1.807) is 12.0 Å². The fourth-order valence-corrected chi connectivity index (χ4v) is 1.83. The zero-order valence-electron chi connectivity index (χ0n) is 8.69. The predicted molar refractivity (Wildman–Crippen MR) is 57.4 cm³/mol. The second-order valence-electron chi connectivity index (χ2n) is 3.58. The van der Waals surface area contributed by atoms with Crippen LogP contribution in [0.1, 0.15) is 11.1 Å². The van der Waals surface area contributed by atoms with E-state index in [1.807, 2.05) is 18.2 Å². The summed E-state index contributed by atoms with van der Waals surface area (Å²) in [5, 5.41) is 0. The number of methoxy groups -OCH3 is 1. The number of fused-ring (bicyclic) bond motifs is 1. The normalized spacial score (nSPS) is 14.5. The number of nitrogens with zero attached hydrogens (tertiary/aromatic N) is 1. The largest absolute Gasteiger partial charge is 0.364 e. The van der Waals surface area contributed by atoms with Gasteiger partial charge < -0.3 is 10.5 Å². The predicted octanol–water partition coefficient (Wildman–Crippen LogP) is 0.638. The fraction of sp³-hybridized carbons (Fsp3) is 0.364. The zero-order chi connectivity index (χ0) is 10.8. The third-order valence-corrected chi connectivity index (χ3v) is 2.57. The first-order valence-electron chi connectivity index (χ1n) is 4.87. The average Bonchev–Trinajstić information content (AvgIpc) is 2.55. The molecule has 1 aliphatic rings. The first kappa shape index (κ1) is 10.1. The van der Waals surface area contributed by atoms with Crippen LogP contribution in [0.3, 0.4) is 0 Å². The minimum absolute atomic E-state index is 0.0843. The Balaban J connectivity index is 2.34. The van der Waals surface area contributed by atoms with E-state index in [9.17, 15) is 4.79 Å². The molecule has 0 saturated heterocycles. The van der Waals surface area contributed by atoms with E-state index >= 15 is 0 Å². The topological polar surface area (TPSA) is 55.6 Å². The molecule has 0 aliphatic carbocycles. The average molecular weight is 206 g/mol. The molecule has 1 heterocycles. The van der Waals surface area contributed by atoms with Crippen molar-refractivity contribution in [3.05, 3.63) is 29.3 Å². The molecule has 0 bridgehead atoms. The molecule has 2 N–H and O–H groups in total. The van der Waals surface area contributed by atoms with E-state index in [-0.39, 0.29) is 5.91 Å². The van der Waals surface area contributed by atoms with E-state index in [0.29, 0.717) is 19.7 Å². The monoisotopic (exact) mass is 206 g/mol. The Morgan fingerprint density at radius 3 is 3.00 bits per heavy atom. The molecular formula is C11H14N2O2. The molecule has 1 aromatic carbocycles. The van der Waals surface area contributed by atoms with Gasteiger partial charge in [-0.25, -0.2) is 0 Å². The van der Waals surface area contributed by atoms with Gasteiger partial charge in [0.05, 0.1) is 6.42 Å². The van der Waals surface area contributed by atoms with Crippen LogP contribution in [0.4, 0.5) is 5.69 Å². The van der Waals surface area contributed by atoms with Gasteiger partial charge in [-0.1, -0.05) is 12.1 Å². The fourth-order valence-electron chi connectivity index (χ4n) is 1.83. The summed E-state index contributed by atoms with van der Waals surface area (Å²) in [6, 6.07) is 5.87. The number of amides is 1. The van der Waals surface area contributed by atoms with Gasteiger partial charge in [-0.05, 0) is 17.2 Å². The molecule has 0 aromatic heterocycles. The Bertz CT molecular complexity index is 390. The molecule has 0 fully saturated rings. The molecule has 0 radical (unpaired) electrons. The summed E-state index contributed by atoms with van der Waals surface area (Å²) in [6.45, 7) is 0.819. The molecule has 0 spiro atoms. The molecule has 1 aliphatic heterocycles. The van der Waals surface area contributed by atoms with Crippen LogP contribution in [0.15, 0.2) is 18.2 Å². The molecule has 4 heteroatoms. The van der Waals surface area contributed by atoms with E-state index < -0.39 is 0 Å². The van der Waals surface area contributed by atoms with E-state index in [4.69, 9.17) is 10.5 Å². The summed E-state index contributed by atoms with van der Waals surface area (Å²) in [6.07, 6.45) is 0.451. The van der Waals surface area contributed by atoms with Gasteiger partial charge in [0.25, 0.3) is 0 Å². The maximum Gasteiger partial charge on any atom is 0.233 e. The number of carbonyl (C=O) groups is 1. The van der Waals surface area contributed by atoms with Gasteiger partial charge in [-0.2, -0.15) is 0 Å².